The number of hydrogen-bond acceptors (Lipinski definition) is 5. The van der Waals surface area contributed by atoms with Gasteiger partial charge in [0.05, 0.1) is 0 Å². The summed E-state index contributed by atoms with van der Waals surface area (Å²) in [6, 6.07) is 18.2. The van der Waals surface area contributed by atoms with Gasteiger partial charge in [0.2, 0.25) is 0 Å². The Balaban J connectivity index is 1.54. The molecule has 114 valence electrons. The first kappa shape index (κ1) is 13.8. The molecule has 6 heteroatoms. The van der Waals surface area contributed by atoms with Crippen LogP contribution in [0.3, 0.4) is 0 Å². The molecule has 0 aliphatic carbocycles. The van der Waals surface area contributed by atoms with E-state index >= 15 is 0 Å². The standard InChI is InChI=1S/C17H14N4OS/c18-17-16(19-21-20-17)12-5-3-6-13(8-12)22-10-14-9-11-4-1-2-7-15(11)23-14/h1-9H,10H2,(H3,18,19,20,21). The third kappa shape index (κ3) is 2.76. The van der Waals surface area contributed by atoms with Crippen LogP contribution in [0.25, 0.3) is 21.3 Å². The second kappa shape index (κ2) is 5.73. The summed E-state index contributed by atoms with van der Waals surface area (Å²) in [7, 11) is 0. The fourth-order valence-corrected chi connectivity index (χ4v) is 3.42. The number of hydrogen-bond donors (Lipinski definition) is 2. The fraction of sp³-hybridized carbons (Fsp3) is 0.0588. The van der Waals surface area contributed by atoms with Gasteiger partial charge in [0.1, 0.15) is 18.1 Å². The number of nitrogens with zero attached hydrogens (tertiary/aromatic N) is 2. The summed E-state index contributed by atoms with van der Waals surface area (Å²) < 4.78 is 7.18. The van der Waals surface area contributed by atoms with E-state index in [-0.39, 0.29) is 0 Å². The van der Waals surface area contributed by atoms with Crippen LogP contribution >= 0.6 is 11.3 Å². The number of nitrogens with two attached hydrogens (primary N) is 1. The normalized spacial score (nSPS) is 11.0. The molecular weight excluding hydrogens is 308 g/mol. The van der Waals surface area contributed by atoms with Crippen molar-refractivity contribution in [2.24, 2.45) is 0 Å². The zero-order valence-corrected chi connectivity index (χ0v) is 13.0. The molecule has 0 unspecified atom stereocenters. The minimum Gasteiger partial charge on any atom is -0.488 e. The van der Waals surface area contributed by atoms with Gasteiger partial charge in [-0.3, -0.25) is 0 Å². The molecule has 4 aromatic rings. The number of fused-ring (bicyclic) bond motifs is 1. The summed E-state index contributed by atoms with van der Waals surface area (Å²) in [5.74, 6) is 1.16. The number of aromatic nitrogens is 3. The number of H-pyrrole nitrogens is 1. The van der Waals surface area contributed by atoms with Crippen molar-refractivity contribution < 1.29 is 4.74 Å². The maximum Gasteiger partial charge on any atom is 0.173 e. The number of nitrogen functional groups attached to an aromatic ring is 1. The molecule has 23 heavy (non-hydrogen) atoms. The van der Waals surface area contributed by atoms with Gasteiger partial charge in [-0.15, -0.1) is 16.4 Å². The van der Waals surface area contributed by atoms with Gasteiger partial charge in [-0.25, -0.2) is 0 Å². The summed E-state index contributed by atoms with van der Waals surface area (Å²) in [6.45, 7) is 0.539. The molecule has 3 N–H and O–H groups in total. The highest BCUT2D eigenvalue weighted by Gasteiger charge is 2.08. The van der Waals surface area contributed by atoms with Gasteiger partial charge in [0, 0.05) is 15.1 Å². The lowest BCUT2D eigenvalue weighted by Gasteiger charge is -2.06. The third-order valence-electron chi connectivity index (χ3n) is 3.54. The van der Waals surface area contributed by atoms with Gasteiger partial charge in [0.15, 0.2) is 5.82 Å². The van der Waals surface area contributed by atoms with E-state index < -0.39 is 0 Å². The molecule has 4 rings (SSSR count). The lowest BCUT2D eigenvalue weighted by Crippen LogP contribution is -1.93. The zero-order valence-electron chi connectivity index (χ0n) is 12.2. The minimum absolute atomic E-state index is 0.381. The van der Waals surface area contributed by atoms with Crippen LogP contribution in [-0.2, 0) is 6.61 Å². The smallest absolute Gasteiger partial charge is 0.173 e. The summed E-state index contributed by atoms with van der Waals surface area (Å²) in [6.07, 6.45) is 0. The quantitative estimate of drug-likeness (QED) is 0.598. The van der Waals surface area contributed by atoms with Crippen LogP contribution in [0.5, 0.6) is 5.75 Å². The van der Waals surface area contributed by atoms with Crippen molar-refractivity contribution in [1.29, 1.82) is 0 Å². The van der Waals surface area contributed by atoms with E-state index in [0.717, 1.165) is 11.3 Å². The number of benzene rings is 2. The molecule has 2 aromatic heterocycles. The molecule has 0 saturated carbocycles. The van der Waals surface area contributed by atoms with Crippen LogP contribution in [0, 0.1) is 0 Å². The van der Waals surface area contributed by atoms with Gasteiger partial charge in [-0.1, -0.05) is 30.3 Å². The molecule has 0 fully saturated rings. The van der Waals surface area contributed by atoms with Crippen LogP contribution in [-0.4, -0.2) is 15.4 Å². The molecular formula is C17H14N4OS. The highest BCUT2D eigenvalue weighted by atomic mass is 32.1. The molecule has 0 aliphatic heterocycles. The van der Waals surface area contributed by atoms with Crippen molar-refractivity contribution in [3.63, 3.8) is 0 Å². The van der Waals surface area contributed by atoms with Gasteiger partial charge in [-0.2, -0.15) is 10.3 Å². The summed E-state index contributed by atoms with van der Waals surface area (Å²) in [4.78, 5) is 1.19. The van der Waals surface area contributed by atoms with Crippen molar-refractivity contribution in [1.82, 2.24) is 15.4 Å². The first-order valence-electron chi connectivity index (χ1n) is 7.16. The predicted molar refractivity (Wildman–Crippen MR) is 92.4 cm³/mol. The van der Waals surface area contributed by atoms with Crippen LogP contribution in [0.4, 0.5) is 5.82 Å². The Morgan fingerprint density at radius 3 is 2.78 bits per heavy atom. The Hall–Kier alpha value is -2.86. The Morgan fingerprint density at radius 1 is 1.04 bits per heavy atom. The van der Waals surface area contributed by atoms with Gasteiger partial charge in [-0.05, 0) is 29.7 Å². The average Bonchev–Trinajstić information content (AvgIpc) is 3.18. The predicted octanol–water partition coefficient (Wildman–Crippen LogP) is 3.85. The topological polar surface area (TPSA) is 76.8 Å². The van der Waals surface area contributed by atoms with Crippen molar-refractivity contribution in [2.75, 3.05) is 5.73 Å². The van der Waals surface area contributed by atoms with Gasteiger partial charge in [0.25, 0.3) is 0 Å². The maximum absolute atomic E-state index is 5.91. The van der Waals surface area contributed by atoms with Crippen molar-refractivity contribution in [3.8, 4) is 17.0 Å². The van der Waals surface area contributed by atoms with E-state index in [2.05, 4.69) is 39.7 Å². The number of anilines is 1. The average molecular weight is 322 g/mol. The minimum atomic E-state index is 0.381. The van der Waals surface area contributed by atoms with Crippen molar-refractivity contribution in [3.05, 3.63) is 59.5 Å². The van der Waals surface area contributed by atoms with Crippen LogP contribution in [0.15, 0.2) is 54.6 Å². The molecule has 2 aromatic carbocycles. The fourth-order valence-electron chi connectivity index (χ4n) is 2.45. The Bertz CT molecular complexity index is 927. The monoisotopic (exact) mass is 322 g/mol. The van der Waals surface area contributed by atoms with Crippen LogP contribution in [0.2, 0.25) is 0 Å². The lowest BCUT2D eigenvalue weighted by molar-refractivity contribution is 0.310. The first-order valence-corrected chi connectivity index (χ1v) is 7.98. The van der Waals surface area contributed by atoms with E-state index in [1.54, 1.807) is 11.3 Å². The molecule has 0 aliphatic rings. The Morgan fingerprint density at radius 2 is 1.96 bits per heavy atom. The van der Waals surface area contributed by atoms with Crippen LogP contribution in [0.1, 0.15) is 4.88 Å². The number of rotatable bonds is 4. The molecule has 0 atom stereocenters. The molecule has 5 nitrogen and oxygen atoms in total. The number of nitrogens with one attached hydrogen (secondary N) is 1. The molecule has 2 heterocycles. The van der Waals surface area contributed by atoms with Crippen LogP contribution < -0.4 is 10.5 Å². The zero-order chi connectivity index (χ0) is 15.6. The molecule has 0 spiro atoms. The van der Waals surface area contributed by atoms with Crippen molar-refractivity contribution in [2.45, 2.75) is 6.61 Å². The van der Waals surface area contributed by atoms with E-state index in [0.29, 0.717) is 18.1 Å². The Labute approximate surface area is 136 Å². The van der Waals surface area contributed by atoms with Crippen molar-refractivity contribution >= 4 is 27.2 Å². The highest BCUT2D eigenvalue weighted by molar-refractivity contribution is 7.19. The first-order chi connectivity index (χ1) is 11.3. The van der Waals surface area contributed by atoms with E-state index in [1.807, 2.05) is 30.3 Å². The SMILES string of the molecule is Nc1n[nH]nc1-c1cccc(OCc2cc3ccccc3s2)c1. The van der Waals surface area contributed by atoms with E-state index in [4.69, 9.17) is 10.5 Å². The number of thiophene rings is 1. The van der Waals surface area contributed by atoms with E-state index in [9.17, 15) is 0 Å². The Kier molecular flexibility index (Phi) is 3.44. The molecule has 0 radical (unpaired) electrons. The van der Waals surface area contributed by atoms with Gasteiger partial charge < -0.3 is 10.5 Å². The number of aromatic amines is 1. The highest BCUT2D eigenvalue weighted by Crippen LogP contribution is 2.28. The second-order valence-corrected chi connectivity index (χ2v) is 6.29. The summed E-state index contributed by atoms with van der Waals surface area (Å²) in [5, 5.41) is 11.7. The molecule has 0 bridgehead atoms. The van der Waals surface area contributed by atoms with Gasteiger partial charge >= 0.3 is 0 Å². The second-order valence-electron chi connectivity index (χ2n) is 5.12. The third-order valence-corrected chi connectivity index (χ3v) is 4.63. The number of ether oxygens (including phenoxy) is 1. The summed E-state index contributed by atoms with van der Waals surface area (Å²) >= 11 is 1.75. The lowest BCUT2D eigenvalue weighted by atomic mass is 10.1. The maximum atomic E-state index is 5.91. The van der Waals surface area contributed by atoms with E-state index in [1.165, 1.54) is 15.0 Å². The molecule has 0 saturated heterocycles. The largest absolute Gasteiger partial charge is 0.488 e. The summed E-state index contributed by atoms with van der Waals surface area (Å²) in [5.41, 5.74) is 7.30. The molecule has 0 amide bonds.